The first-order valence-corrected chi connectivity index (χ1v) is 2.35. The molecule has 0 amide bonds. The van der Waals surface area contributed by atoms with Gasteiger partial charge in [-0.25, -0.2) is 4.57 Å². The second kappa shape index (κ2) is 12.2. The molecule has 0 fully saturated rings. The van der Waals surface area contributed by atoms with E-state index in [0.29, 0.717) is 0 Å². The van der Waals surface area contributed by atoms with Gasteiger partial charge in [-0.2, -0.15) is 0 Å². The molecule has 0 aliphatic heterocycles. The van der Waals surface area contributed by atoms with Crippen LogP contribution in [0.2, 0.25) is 0 Å². The minimum atomic E-state index is -4.64. The molecule has 9 heteroatoms. The fraction of sp³-hybridized carbons (Fsp3) is 0. The second-order valence-corrected chi connectivity index (χ2v) is 1.54. The molecule has 0 aliphatic rings. The van der Waals surface area contributed by atoms with Gasteiger partial charge in [0.15, 0.2) is 0 Å². The molecule has 0 aromatic heterocycles. The van der Waals surface area contributed by atoms with Crippen LogP contribution in [-0.2, 0) is 21.6 Å². The van der Waals surface area contributed by atoms with E-state index in [1.165, 1.54) is 0 Å². The number of hydrogen-bond acceptors (Lipinski definition) is 1. The molecule has 0 aliphatic carbocycles. The molecule has 3 N–H and O–H groups in total. The fourth-order valence-electron chi connectivity index (χ4n) is 0. The summed E-state index contributed by atoms with van der Waals surface area (Å²) in [5, 5.41) is 0. The van der Waals surface area contributed by atoms with Gasteiger partial charge in [0.25, 0.3) is 0 Å². The normalized spacial score (nSPS) is 6.56. The van der Waals surface area contributed by atoms with Gasteiger partial charge < -0.3 is 14.7 Å². The monoisotopic (exact) mass is 262 g/mol. The number of phosphoric acid groups is 1. The van der Waals surface area contributed by atoms with Crippen LogP contribution in [0.25, 0.3) is 0 Å². The van der Waals surface area contributed by atoms with E-state index in [4.69, 9.17) is 19.2 Å². The van der Waals surface area contributed by atoms with Gasteiger partial charge in [0, 0.05) is 17.1 Å². The standard InChI is InChI=1S/3ClH.Fe.H3O4P/c;;;;1-5(2,3)4/h3*1H;;(H3,1,2,3,4). The summed E-state index contributed by atoms with van der Waals surface area (Å²) in [5.74, 6) is 0. The molecule has 0 saturated carbocycles. The van der Waals surface area contributed by atoms with Crippen molar-refractivity contribution in [2.24, 2.45) is 0 Å². The van der Waals surface area contributed by atoms with E-state index in [2.05, 4.69) is 0 Å². The van der Waals surface area contributed by atoms with Crippen molar-refractivity contribution in [3.05, 3.63) is 0 Å². The summed E-state index contributed by atoms with van der Waals surface area (Å²) < 4.78 is 8.88. The Hall–Kier alpha value is 1.50. The molecule has 9 heavy (non-hydrogen) atoms. The van der Waals surface area contributed by atoms with E-state index in [0.717, 1.165) is 0 Å². The molecule has 0 heterocycles. The van der Waals surface area contributed by atoms with Gasteiger partial charge >= 0.3 is 7.82 Å². The van der Waals surface area contributed by atoms with E-state index in [1.54, 1.807) is 0 Å². The Bertz CT molecular complexity index is 61.9. The van der Waals surface area contributed by atoms with Crippen LogP contribution in [0.5, 0.6) is 0 Å². The van der Waals surface area contributed by atoms with Gasteiger partial charge in [-0.15, -0.1) is 37.2 Å². The Labute approximate surface area is 81.4 Å². The molecule has 0 spiro atoms. The number of hydrogen-bond donors (Lipinski definition) is 3. The average Bonchev–Trinajstić information content (AvgIpc) is 0.722. The van der Waals surface area contributed by atoms with Crippen LogP contribution in [0.3, 0.4) is 0 Å². The van der Waals surface area contributed by atoms with Gasteiger partial charge in [-0.1, -0.05) is 0 Å². The van der Waals surface area contributed by atoms with Crippen molar-refractivity contribution in [1.82, 2.24) is 0 Å². The van der Waals surface area contributed by atoms with Crippen molar-refractivity contribution in [3.8, 4) is 0 Å². The van der Waals surface area contributed by atoms with Gasteiger partial charge in [-0.05, 0) is 0 Å². The summed E-state index contributed by atoms with van der Waals surface area (Å²) in [6.07, 6.45) is 0. The molecule has 0 bridgehead atoms. The smallest absolute Gasteiger partial charge is 0.303 e. The first-order chi connectivity index (χ1) is 2.00. The number of halogens is 3. The zero-order valence-corrected chi connectivity index (χ0v) is 8.22. The summed E-state index contributed by atoms with van der Waals surface area (Å²) in [6, 6.07) is 0. The summed E-state index contributed by atoms with van der Waals surface area (Å²) >= 11 is 0. The molecule has 0 saturated heterocycles. The van der Waals surface area contributed by atoms with Crippen molar-refractivity contribution < 1.29 is 36.3 Å². The van der Waals surface area contributed by atoms with Crippen molar-refractivity contribution in [3.63, 3.8) is 0 Å². The van der Waals surface area contributed by atoms with Crippen molar-refractivity contribution in [2.45, 2.75) is 0 Å². The summed E-state index contributed by atoms with van der Waals surface area (Å²) in [5.41, 5.74) is 0. The first-order valence-electron chi connectivity index (χ1n) is 0.783. The maximum Gasteiger partial charge on any atom is 0.466 e. The zero-order valence-electron chi connectivity index (χ0n) is 3.78. The molecular formula is H6Cl3FeO4P. The summed E-state index contributed by atoms with van der Waals surface area (Å²) in [7, 11) is -4.64. The maximum atomic E-state index is 8.88. The van der Waals surface area contributed by atoms with Gasteiger partial charge in [0.05, 0.1) is 0 Å². The predicted octanol–water partition coefficient (Wildman–Crippen LogP) is 0.334. The molecule has 4 nitrogen and oxygen atoms in total. The fourth-order valence-corrected chi connectivity index (χ4v) is 0. The molecule has 0 rings (SSSR count). The van der Waals surface area contributed by atoms with Gasteiger partial charge in [0.2, 0.25) is 0 Å². The summed E-state index contributed by atoms with van der Waals surface area (Å²) in [6.45, 7) is 0. The van der Waals surface area contributed by atoms with Crippen molar-refractivity contribution >= 4 is 45.0 Å². The third-order valence-electron chi connectivity index (χ3n) is 0. The molecule has 0 aromatic carbocycles. The predicted molar refractivity (Wildman–Crippen MR) is 36.0 cm³/mol. The first kappa shape index (κ1) is 31.3. The van der Waals surface area contributed by atoms with Crippen LogP contribution in [0.15, 0.2) is 0 Å². The van der Waals surface area contributed by atoms with E-state index < -0.39 is 7.82 Å². The third kappa shape index (κ3) is 238. The minimum Gasteiger partial charge on any atom is -0.303 e. The average molecular weight is 263 g/mol. The van der Waals surface area contributed by atoms with Crippen LogP contribution in [0, 0.1) is 0 Å². The van der Waals surface area contributed by atoms with Gasteiger partial charge in [-0.3, -0.25) is 0 Å². The Morgan fingerprint density at radius 3 is 0.889 bits per heavy atom. The molecule has 0 aromatic rings. The Morgan fingerprint density at radius 2 is 0.889 bits per heavy atom. The second-order valence-electron chi connectivity index (χ2n) is 0.513. The maximum absolute atomic E-state index is 8.88. The zero-order chi connectivity index (χ0) is 4.50. The largest absolute Gasteiger partial charge is 0.466 e. The van der Waals surface area contributed by atoms with Crippen LogP contribution < -0.4 is 0 Å². The van der Waals surface area contributed by atoms with E-state index in [-0.39, 0.29) is 54.3 Å². The quantitative estimate of drug-likeness (QED) is 0.435. The Morgan fingerprint density at radius 1 is 0.889 bits per heavy atom. The van der Waals surface area contributed by atoms with Crippen LogP contribution in [-0.4, -0.2) is 14.7 Å². The number of rotatable bonds is 0. The molecule has 0 atom stereocenters. The third-order valence-corrected chi connectivity index (χ3v) is 0. The summed E-state index contributed by atoms with van der Waals surface area (Å²) in [4.78, 5) is 21.6. The molecule has 0 unspecified atom stereocenters. The molecule has 64 valence electrons. The van der Waals surface area contributed by atoms with Crippen molar-refractivity contribution in [2.75, 3.05) is 0 Å². The SMILES string of the molecule is Cl.Cl.Cl.O=P(O)(O)O.[Fe]. The van der Waals surface area contributed by atoms with E-state index in [9.17, 15) is 0 Å². The van der Waals surface area contributed by atoms with Crippen molar-refractivity contribution in [1.29, 1.82) is 0 Å². The van der Waals surface area contributed by atoms with E-state index >= 15 is 0 Å². The molecular weight excluding hydrogens is 257 g/mol. The minimum absolute atomic E-state index is 0. The Balaban J connectivity index is -0.0000000133. The topological polar surface area (TPSA) is 77.8 Å². The van der Waals surface area contributed by atoms with Gasteiger partial charge in [0.1, 0.15) is 0 Å². The Kier molecular flexibility index (Phi) is 42.5. The molecule has 0 radical (unpaired) electrons. The van der Waals surface area contributed by atoms with Crippen LogP contribution in [0.1, 0.15) is 0 Å². The van der Waals surface area contributed by atoms with E-state index in [1.807, 2.05) is 0 Å². The van der Waals surface area contributed by atoms with Crippen LogP contribution >= 0.6 is 45.0 Å². The van der Waals surface area contributed by atoms with Crippen LogP contribution in [0.4, 0.5) is 0 Å².